The molecule has 91 valence electrons. The van der Waals surface area contributed by atoms with Crippen molar-refractivity contribution in [2.24, 2.45) is 0 Å². The van der Waals surface area contributed by atoms with Gasteiger partial charge in [-0.15, -0.1) is 10.3 Å². The van der Waals surface area contributed by atoms with E-state index in [2.05, 4.69) is 4.98 Å². The maximum absolute atomic E-state index is 12.2. The first-order valence-corrected chi connectivity index (χ1v) is 6.01. The van der Waals surface area contributed by atoms with Gasteiger partial charge in [-0.3, -0.25) is 4.98 Å². The molecule has 1 aromatic heterocycles. The predicted octanol–water partition coefficient (Wildman–Crippen LogP) is 3.07. The summed E-state index contributed by atoms with van der Waals surface area (Å²) in [7, 11) is 0. The lowest BCUT2D eigenvalue weighted by atomic mass is 9.98. The quantitative estimate of drug-likeness (QED) is 0.784. The topological polar surface area (TPSA) is 36.0 Å². The average molecular weight is 231 g/mol. The summed E-state index contributed by atoms with van der Waals surface area (Å²) >= 11 is 0. The van der Waals surface area contributed by atoms with E-state index in [1.807, 2.05) is 45.1 Å². The summed E-state index contributed by atoms with van der Waals surface area (Å²) in [4.78, 5) is 3.97. The monoisotopic (exact) mass is 231 g/mol. The first-order valence-electron chi connectivity index (χ1n) is 6.01. The smallest absolute Gasteiger partial charge is 0.0654 e. The highest BCUT2D eigenvalue weighted by Crippen LogP contribution is 2.40. The van der Waals surface area contributed by atoms with Gasteiger partial charge in [0.1, 0.15) is 0 Å². The van der Waals surface area contributed by atoms with Crippen molar-refractivity contribution in [3.8, 4) is 0 Å². The molecule has 1 atom stereocenters. The summed E-state index contributed by atoms with van der Waals surface area (Å²) in [5.41, 5.74) is 0.448. The summed E-state index contributed by atoms with van der Waals surface area (Å²) < 4.78 is 0. The van der Waals surface area contributed by atoms with Crippen LogP contribution in [0.3, 0.4) is 0 Å². The van der Waals surface area contributed by atoms with Crippen LogP contribution in [-0.4, -0.2) is 21.1 Å². The molecule has 1 fully saturated rings. The van der Waals surface area contributed by atoms with Crippen molar-refractivity contribution >= 4 is 6.08 Å². The highest BCUT2D eigenvalue weighted by molar-refractivity contribution is 5.50. The van der Waals surface area contributed by atoms with Crippen LogP contribution in [0.4, 0.5) is 0 Å². The van der Waals surface area contributed by atoms with E-state index in [0.29, 0.717) is 0 Å². The SMILES string of the molecule is CC1(C)CCC(C)(/C=C/c2ccncc2)N1[O]. The second-order valence-electron chi connectivity index (χ2n) is 5.58. The summed E-state index contributed by atoms with van der Waals surface area (Å²) in [6.07, 6.45) is 9.39. The van der Waals surface area contributed by atoms with Gasteiger partial charge in [-0.1, -0.05) is 12.2 Å². The molecule has 0 spiro atoms. The second kappa shape index (κ2) is 4.24. The second-order valence-corrected chi connectivity index (χ2v) is 5.58. The number of nitrogens with zero attached hydrogens (tertiary/aromatic N) is 2. The summed E-state index contributed by atoms with van der Waals surface area (Å²) in [5.74, 6) is 0. The predicted molar refractivity (Wildman–Crippen MR) is 67.5 cm³/mol. The molecule has 1 saturated heterocycles. The Morgan fingerprint density at radius 1 is 1.24 bits per heavy atom. The van der Waals surface area contributed by atoms with E-state index in [-0.39, 0.29) is 11.1 Å². The molecule has 2 rings (SSSR count). The number of hydroxylamine groups is 2. The van der Waals surface area contributed by atoms with Crippen molar-refractivity contribution in [3.05, 3.63) is 36.2 Å². The Labute approximate surface area is 103 Å². The molecule has 0 amide bonds. The lowest BCUT2D eigenvalue weighted by Gasteiger charge is -2.32. The number of pyridine rings is 1. The van der Waals surface area contributed by atoms with E-state index < -0.39 is 0 Å². The van der Waals surface area contributed by atoms with Crippen molar-refractivity contribution in [2.45, 2.75) is 44.7 Å². The van der Waals surface area contributed by atoms with Gasteiger partial charge in [-0.2, -0.15) is 0 Å². The number of aromatic nitrogens is 1. The molecular weight excluding hydrogens is 212 g/mol. The summed E-state index contributed by atoms with van der Waals surface area (Å²) in [6, 6.07) is 3.88. The Hall–Kier alpha value is -1.19. The number of hydrogen-bond donors (Lipinski definition) is 0. The highest BCUT2D eigenvalue weighted by Gasteiger charge is 2.46. The van der Waals surface area contributed by atoms with E-state index in [0.717, 1.165) is 18.4 Å². The fourth-order valence-corrected chi connectivity index (χ4v) is 2.35. The third kappa shape index (κ3) is 2.40. The number of hydrogen-bond acceptors (Lipinski definition) is 2. The van der Waals surface area contributed by atoms with E-state index in [1.165, 1.54) is 5.06 Å². The Bertz CT molecular complexity index is 413. The summed E-state index contributed by atoms with van der Waals surface area (Å²) in [5, 5.41) is 13.5. The Morgan fingerprint density at radius 3 is 2.41 bits per heavy atom. The van der Waals surface area contributed by atoms with Crippen LogP contribution in [0.1, 0.15) is 39.2 Å². The van der Waals surface area contributed by atoms with Crippen molar-refractivity contribution in [1.29, 1.82) is 0 Å². The summed E-state index contributed by atoms with van der Waals surface area (Å²) in [6.45, 7) is 6.02. The molecule has 1 aliphatic rings. The van der Waals surface area contributed by atoms with Crippen molar-refractivity contribution < 1.29 is 5.21 Å². The van der Waals surface area contributed by atoms with E-state index in [1.54, 1.807) is 12.4 Å². The van der Waals surface area contributed by atoms with Crippen LogP contribution in [0.15, 0.2) is 30.6 Å². The molecule has 3 nitrogen and oxygen atoms in total. The zero-order valence-corrected chi connectivity index (χ0v) is 10.7. The molecule has 1 aliphatic heterocycles. The van der Waals surface area contributed by atoms with Gasteiger partial charge in [0.05, 0.1) is 5.54 Å². The molecule has 1 aromatic rings. The molecule has 2 heterocycles. The van der Waals surface area contributed by atoms with Gasteiger partial charge in [-0.25, -0.2) is 0 Å². The van der Waals surface area contributed by atoms with Crippen LogP contribution < -0.4 is 0 Å². The third-order valence-corrected chi connectivity index (χ3v) is 3.60. The normalized spacial score (nSPS) is 28.9. The molecule has 1 radical (unpaired) electrons. The zero-order valence-electron chi connectivity index (χ0n) is 10.7. The van der Waals surface area contributed by atoms with E-state index >= 15 is 0 Å². The molecule has 1 unspecified atom stereocenters. The van der Waals surface area contributed by atoms with Gasteiger partial charge in [0, 0.05) is 17.9 Å². The fourth-order valence-electron chi connectivity index (χ4n) is 2.35. The first kappa shape index (κ1) is 12.3. The largest absolute Gasteiger partial charge is 0.265 e. The van der Waals surface area contributed by atoms with Gasteiger partial charge in [0.15, 0.2) is 0 Å². The zero-order chi connectivity index (χ0) is 12.5. The van der Waals surface area contributed by atoms with Crippen LogP contribution in [0, 0.1) is 0 Å². The lowest BCUT2D eigenvalue weighted by Crippen LogP contribution is -2.45. The van der Waals surface area contributed by atoms with Crippen molar-refractivity contribution in [2.75, 3.05) is 0 Å². The van der Waals surface area contributed by atoms with Crippen molar-refractivity contribution in [1.82, 2.24) is 10.0 Å². The van der Waals surface area contributed by atoms with Gasteiger partial charge < -0.3 is 0 Å². The Morgan fingerprint density at radius 2 is 1.88 bits per heavy atom. The Balaban J connectivity index is 2.17. The molecule has 0 saturated carbocycles. The minimum absolute atomic E-state index is 0.253. The maximum Gasteiger partial charge on any atom is 0.0654 e. The minimum Gasteiger partial charge on any atom is -0.265 e. The number of rotatable bonds is 2. The van der Waals surface area contributed by atoms with Crippen molar-refractivity contribution in [3.63, 3.8) is 0 Å². The first-order chi connectivity index (χ1) is 7.94. The Kier molecular flexibility index (Phi) is 3.06. The molecule has 0 aliphatic carbocycles. The van der Waals surface area contributed by atoms with Crippen LogP contribution in [-0.2, 0) is 5.21 Å². The van der Waals surface area contributed by atoms with Gasteiger partial charge in [-0.05, 0) is 51.3 Å². The average Bonchev–Trinajstić information content (AvgIpc) is 2.53. The van der Waals surface area contributed by atoms with E-state index in [9.17, 15) is 5.21 Å². The maximum atomic E-state index is 12.2. The third-order valence-electron chi connectivity index (χ3n) is 3.60. The molecule has 3 heteroatoms. The minimum atomic E-state index is -0.382. The van der Waals surface area contributed by atoms with Crippen LogP contribution in [0.2, 0.25) is 0 Å². The molecule has 0 N–H and O–H groups in total. The molecular formula is C14H19N2O. The molecule has 0 bridgehead atoms. The lowest BCUT2D eigenvalue weighted by molar-refractivity contribution is -0.236. The van der Waals surface area contributed by atoms with E-state index in [4.69, 9.17) is 0 Å². The van der Waals surface area contributed by atoms with Crippen LogP contribution in [0.25, 0.3) is 6.08 Å². The van der Waals surface area contributed by atoms with Gasteiger partial charge in [0.25, 0.3) is 0 Å². The van der Waals surface area contributed by atoms with Gasteiger partial charge in [0.2, 0.25) is 0 Å². The molecule has 17 heavy (non-hydrogen) atoms. The highest BCUT2D eigenvalue weighted by atomic mass is 16.5. The fraction of sp³-hybridized carbons (Fsp3) is 0.500. The van der Waals surface area contributed by atoms with Crippen LogP contribution in [0.5, 0.6) is 0 Å². The van der Waals surface area contributed by atoms with Crippen LogP contribution >= 0.6 is 0 Å². The standard InChI is InChI=1S/C14H19N2O/c1-13(2)8-9-14(3,16(13)17)7-4-12-5-10-15-11-6-12/h4-7,10-11H,8-9H2,1-3H3/b7-4+. The van der Waals surface area contributed by atoms with Gasteiger partial charge >= 0.3 is 0 Å². The molecule has 0 aromatic carbocycles.